The molecule has 0 N–H and O–H groups in total. The van der Waals surface area contributed by atoms with Gasteiger partial charge in [-0.25, -0.2) is 0 Å². The molecule has 18 heavy (non-hydrogen) atoms. The molecule has 0 aromatic rings. The average molecular weight is 284 g/mol. The van der Waals surface area contributed by atoms with Crippen LogP contribution in [0.3, 0.4) is 0 Å². The van der Waals surface area contributed by atoms with E-state index in [0.717, 1.165) is 23.5 Å². The Labute approximate surface area is 116 Å². The minimum absolute atomic E-state index is 0.112. The summed E-state index contributed by atoms with van der Waals surface area (Å²) in [6.45, 7) is 0. The van der Waals surface area contributed by atoms with Crippen LogP contribution >= 0.6 is 23.5 Å². The molecule has 0 saturated carbocycles. The Morgan fingerprint density at radius 2 is 1.67 bits per heavy atom. The molecule has 0 aliphatic heterocycles. The number of allylic oxidation sites excluding steroid dienone is 2. The van der Waals surface area contributed by atoms with Crippen molar-refractivity contribution < 1.29 is 9.59 Å². The third-order valence-corrected chi connectivity index (χ3v) is 3.67. The number of nitrogens with zero attached hydrogens (tertiary/aromatic N) is 2. The fourth-order valence-electron chi connectivity index (χ4n) is 0.634. The molecular weight excluding hydrogens is 268 g/mol. The third kappa shape index (κ3) is 7.09. The van der Waals surface area contributed by atoms with E-state index in [-0.39, 0.29) is 10.5 Å². The molecular formula is C12H16N2O2S2. The Bertz CT molecular complexity index is 407. The minimum Gasteiger partial charge on any atom is -0.339 e. The fourth-order valence-corrected chi connectivity index (χ4v) is 2.00. The predicted octanol–water partition coefficient (Wildman–Crippen LogP) is 2.85. The zero-order valence-corrected chi connectivity index (χ0v) is 12.5. The lowest BCUT2D eigenvalue weighted by Crippen LogP contribution is -2.16. The molecule has 0 rings (SSSR count). The summed E-state index contributed by atoms with van der Waals surface area (Å²) in [7, 11) is 6.66. The lowest BCUT2D eigenvalue weighted by Gasteiger charge is -2.10. The lowest BCUT2D eigenvalue weighted by atomic mass is 10.5. The highest BCUT2D eigenvalue weighted by atomic mass is 32.2. The molecule has 0 saturated heterocycles. The maximum atomic E-state index is 11.6. The van der Waals surface area contributed by atoms with Gasteiger partial charge in [0.2, 0.25) is 0 Å². The van der Waals surface area contributed by atoms with Crippen molar-refractivity contribution in [3.63, 3.8) is 0 Å². The van der Waals surface area contributed by atoms with E-state index in [9.17, 15) is 9.59 Å². The van der Waals surface area contributed by atoms with Gasteiger partial charge in [-0.15, -0.1) is 6.42 Å². The van der Waals surface area contributed by atoms with E-state index >= 15 is 0 Å². The highest BCUT2D eigenvalue weighted by Gasteiger charge is 2.09. The molecule has 0 heterocycles. The molecule has 0 aromatic carbocycles. The number of carbonyl (C=O) groups excluding carboxylic acids is 2. The van der Waals surface area contributed by atoms with Gasteiger partial charge in [-0.1, -0.05) is 5.92 Å². The van der Waals surface area contributed by atoms with Gasteiger partial charge in [-0.3, -0.25) is 9.59 Å². The van der Waals surface area contributed by atoms with Crippen LogP contribution in [0.15, 0.2) is 22.5 Å². The molecule has 0 unspecified atom stereocenters. The average Bonchev–Trinajstić information content (AvgIpc) is 2.31. The highest BCUT2D eigenvalue weighted by Crippen LogP contribution is 2.24. The maximum Gasteiger partial charge on any atom is 0.285 e. The van der Waals surface area contributed by atoms with Gasteiger partial charge in [0, 0.05) is 33.1 Å². The first-order valence-corrected chi connectivity index (χ1v) is 6.68. The molecule has 0 aromatic heterocycles. The predicted molar refractivity (Wildman–Crippen MR) is 79.4 cm³/mol. The summed E-state index contributed by atoms with van der Waals surface area (Å²) in [5.41, 5.74) is 0. The van der Waals surface area contributed by atoms with Crippen LogP contribution in [0.25, 0.3) is 0 Å². The second-order valence-electron chi connectivity index (χ2n) is 3.56. The van der Waals surface area contributed by atoms with Gasteiger partial charge in [-0.05, 0) is 41.1 Å². The topological polar surface area (TPSA) is 40.6 Å². The summed E-state index contributed by atoms with van der Waals surface area (Å²) >= 11 is 2.03. The van der Waals surface area contributed by atoms with E-state index in [1.807, 2.05) is 0 Å². The SMILES string of the molecule is C#C/C=C\C(=C\SC(=O)N(C)C)SC(=O)N(C)C. The molecule has 0 aliphatic rings. The summed E-state index contributed by atoms with van der Waals surface area (Å²) in [5.74, 6) is 2.35. The number of thioether (sulfide) groups is 2. The van der Waals surface area contributed by atoms with Crippen molar-refractivity contribution in [2.24, 2.45) is 0 Å². The summed E-state index contributed by atoms with van der Waals surface area (Å²) in [6, 6.07) is 0. The Balaban J connectivity index is 4.74. The second kappa shape index (κ2) is 8.72. The molecule has 0 spiro atoms. The van der Waals surface area contributed by atoms with Crippen LogP contribution in [0.5, 0.6) is 0 Å². The number of carbonyl (C=O) groups is 2. The maximum absolute atomic E-state index is 11.6. The minimum atomic E-state index is -0.124. The van der Waals surface area contributed by atoms with Crippen molar-refractivity contribution in [1.29, 1.82) is 0 Å². The monoisotopic (exact) mass is 284 g/mol. The van der Waals surface area contributed by atoms with Crippen molar-refractivity contribution in [3.05, 3.63) is 22.5 Å². The van der Waals surface area contributed by atoms with Crippen molar-refractivity contribution in [2.75, 3.05) is 28.2 Å². The highest BCUT2D eigenvalue weighted by molar-refractivity contribution is 8.19. The quantitative estimate of drug-likeness (QED) is 0.590. The molecule has 0 fully saturated rings. The largest absolute Gasteiger partial charge is 0.339 e. The van der Waals surface area contributed by atoms with E-state index < -0.39 is 0 Å². The van der Waals surface area contributed by atoms with Gasteiger partial charge in [0.1, 0.15) is 0 Å². The van der Waals surface area contributed by atoms with Crippen LogP contribution in [0.1, 0.15) is 0 Å². The summed E-state index contributed by atoms with van der Waals surface area (Å²) < 4.78 is 0. The molecule has 6 heteroatoms. The number of rotatable bonds is 3. The standard InChI is InChI=1S/C12H16N2O2S2/c1-6-7-8-10(18-12(16)14(4)5)9-17-11(15)13(2)3/h1,7-9H,2-5H3/b8-7-,10-9-. The van der Waals surface area contributed by atoms with Crippen LogP contribution in [0, 0.1) is 12.3 Å². The Hall–Kier alpha value is -1.32. The van der Waals surface area contributed by atoms with Gasteiger partial charge in [0.05, 0.1) is 0 Å². The smallest absolute Gasteiger partial charge is 0.285 e. The Morgan fingerprint density at radius 3 is 2.11 bits per heavy atom. The molecule has 4 nitrogen and oxygen atoms in total. The van der Waals surface area contributed by atoms with E-state index in [1.54, 1.807) is 39.7 Å². The Morgan fingerprint density at radius 1 is 1.11 bits per heavy atom. The molecule has 0 aliphatic carbocycles. The number of hydrogen-bond donors (Lipinski definition) is 0. The van der Waals surface area contributed by atoms with Gasteiger partial charge >= 0.3 is 0 Å². The molecule has 2 amide bonds. The van der Waals surface area contributed by atoms with Crippen LogP contribution in [-0.2, 0) is 0 Å². The zero-order chi connectivity index (χ0) is 14.1. The first-order valence-electron chi connectivity index (χ1n) is 4.98. The number of terminal acetylenes is 1. The van der Waals surface area contributed by atoms with Crippen molar-refractivity contribution in [1.82, 2.24) is 9.80 Å². The lowest BCUT2D eigenvalue weighted by molar-refractivity contribution is 0.240. The molecule has 0 radical (unpaired) electrons. The first kappa shape index (κ1) is 16.7. The second-order valence-corrected chi connectivity index (χ2v) is 5.41. The van der Waals surface area contributed by atoms with Crippen LogP contribution in [0.2, 0.25) is 0 Å². The third-order valence-electron chi connectivity index (χ3n) is 1.56. The van der Waals surface area contributed by atoms with Crippen LogP contribution in [-0.4, -0.2) is 48.5 Å². The van der Waals surface area contributed by atoms with Gasteiger partial charge in [0.15, 0.2) is 0 Å². The summed E-state index contributed by atoms with van der Waals surface area (Å²) in [4.78, 5) is 26.5. The van der Waals surface area contributed by atoms with E-state index in [1.165, 1.54) is 15.9 Å². The first-order chi connectivity index (χ1) is 8.38. The van der Waals surface area contributed by atoms with E-state index in [4.69, 9.17) is 6.42 Å². The van der Waals surface area contributed by atoms with Crippen LogP contribution in [0.4, 0.5) is 9.59 Å². The van der Waals surface area contributed by atoms with Crippen molar-refractivity contribution in [2.45, 2.75) is 0 Å². The van der Waals surface area contributed by atoms with Crippen molar-refractivity contribution >= 4 is 34.0 Å². The van der Waals surface area contributed by atoms with Crippen molar-refractivity contribution in [3.8, 4) is 12.3 Å². The van der Waals surface area contributed by atoms with Gasteiger partial charge < -0.3 is 9.80 Å². The molecule has 0 atom stereocenters. The van der Waals surface area contributed by atoms with E-state index in [2.05, 4.69) is 5.92 Å². The van der Waals surface area contributed by atoms with Crippen LogP contribution < -0.4 is 0 Å². The Kier molecular flexibility index (Phi) is 8.08. The molecule has 0 bridgehead atoms. The van der Waals surface area contributed by atoms with Gasteiger partial charge in [0.25, 0.3) is 10.5 Å². The molecule has 98 valence electrons. The number of amides is 2. The normalized spacial score (nSPS) is 11.2. The van der Waals surface area contributed by atoms with Gasteiger partial charge in [-0.2, -0.15) is 0 Å². The van der Waals surface area contributed by atoms with E-state index in [0.29, 0.717) is 4.91 Å². The summed E-state index contributed by atoms with van der Waals surface area (Å²) in [5, 5.41) is 1.38. The fraction of sp³-hybridized carbons (Fsp3) is 0.333. The zero-order valence-electron chi connectivity index (χ0n) is 10.8. The number of hydrogen-bond acceptors (Lipinski definition) is 4. The summed E-state index contributed by atoms with van der Waals surface area (Å²) in [6.07, 6.45) is 8.24.